The van der Waals surface area contributed by atoms with Gasteiger partial charge in [0, 0.05) is 23.6 Å². The molecular formula is C17H18N4O2. The molecule has 0 spiro atoms. The van der Waals surface area contributed by atoms with Crippen molar-refractivity contribution in [3.05, 3.63) is 47.7 Å². The number of likely N-dealkylation sites (tertiary alicyclic amines) is 1. The van der Waals surface area contributed by atoms with Crippen LogP contribution >= 0.6 is 0 Å². The van der Waals surface area contributed by atoms with Crippen molar-refractivity contribution in [1.29, 1.82) is 0 Å². The second-order valence-corrected chi connectivity index (χ2v) is 5.94. The van der Waals surface area contributed by atoms with Gasteiger partial charge in [0.2, 0.25) is 5.89 Å². The Balaban J connectivity index is 1.70. The van der Waals surface area contributed by atoms with Crippen LogP contribution in [0.2, 0.25) is 0 Å². The number of amides is 1. The van der Waals surface area contributed by atoms with Crippen LogP contribution in [-0.2, 0) is 0 Å². The molecule has 1 atom stereocenters. The predicted molar refractivity (Wildman–Crippen MR) is 85.0 cm³/mol. The molecule has 3 aromatic rings. The molecule has 0 bridgehead atoms. The molecule has 1 aliphatic rings. The van der Waals surface area contributed by atoms with Gasteiger partial charge in [-0.3, -0.25) is 4.79 Å². The average molecular weight is 310 g/mol. The van der Waals surface area contributed by atoms with E-state index >= 15 is 0 Å². The molecule has 6 heteroatoms. The second-order valence-electron chi connectivity index (χ2n) is 5.94. The van der Waals surface area contributed by atoms with E-state index in [1.807, 2.05) is 29.2 Å². The van der Waals surface area contributed by atoms with Gasteiger partial charge in [-0.15, -0.1) is 0 Å². The Hall–Kier alpha value is -2.63. The molecule has 3 heterocycles. The minimum Gasteiger partial charge on any atom is -0.360 e. The molecule has 1 unspecified atom stereocenters. The first-order valence-electron chi connectivity index (χ1n) is 7.91. The summed E-state index contributed by atoms with van der Waals surface area (Å²) in [5, 5.41) is 4.82. The van der Waals surface area contributed by atoms with E-state index < -0.39 is 0 Å². The number of hydrogen-bond donors (Lipinski definition) is 1. The number of nitrogens with zero attached hydrogens (tertiary/aromatic N) is 3. The number of carbonyl (C=O) groups is 1. The zero-order valence-electron chi connectivity index (χ0n) is 13.0. The summed E-state index contributed by atoms with van der Waals surface area (Å²) >= 11 is 0. The third-order valence-corrected chi connectivity index (χ3v) is 4.41. The Morgan fingerprint density at radius 2 is 2.22 bits per heavy atom. The lowest BCUT2D eigenvalue weighted by Crippen LogP contribution is -2.38. The minimum atomic E-state index is -0.133. The molecule has 1 fully saturated rings. The molecule has 23 heavy (non-hydrogen) atoms. The summed E-state index contributed by atoms with van der Waals surface area (Å²) in [4.78, 5) is 22.4. The summed E-state index contributed by atoms with van der Waals surface area (Å²) < 4.78 is 5.33. The van der Waals surface area contributed by atoms with Crippen LogP contribution in [0.3, 0.4) is 0 Å². The third kappa shape index (κ3) is 2.40. The zero-order valence-corrected chi connectivity index (χ0v) is 13.0. The van der Waals surface area contributed by atoms with Crippen molar-refractivity contribution in [2.45, 2.75) is 32.2 Å². The Morgan fingerprint density at radius 1 is 1.35 bits per heavy atom. The van der Waals surface area contributed by atoms with E-state index in [1.165, 1.54) is 0 Å². The quantitative estimate of drug-likeness (QED) is 0.788. The summed E-state index contributed by atoms with van der Waals surface area (Å²) in [7, 11) is 0. The number of para-hydroxylation sites is 1. The maximum absolute atomic E-state index is 13.1. The Kier molecular flexibility index (Phi) is 3.37. The van der Waals surface area contributed by atoms with Crippen LogP contribution in [-0.4, -0.2) is 32.5 Å². The minimum absolute atomic E-state index is 0.0167. The van der Waals surface area contributed by atoms with E-state index in [-0.39, 0.29) is 11.9 Å². The van der Waals surface area contributed by atoms with E-state index in [2.05, 4.69) is 15.1 Å². The average Bonchev–Trinajstić information content (AvgIpc) is 3.20. The lowest BCUT2D eigenvalue weighted by molar-refractivity contribution is 0.0563. The SMILES string of the molecule is Cc1noc(C2CCCCN2C(=O)c2c[nH]c3ccccc23)n1. The summed E-state index contributed by atoms with van der Waals surface area (Å²) in [6.45, 7) is 2.51. The van der Waals surface area contributed by atoms with Gasteiger partial charge in [0.1, 0.15) is 6.04 Å². The molecule has 1 aliphatic heterocycles. The topological polar surface area (TPSA) is 75.0 Å². The summed E-state index contributed by atoms with van der Waals surface area (Å²) in [5.41, 5.74) is 1.67. The summed E-state index contributed by atoms with van der Waals surface area (Å²) in [6.07, 6.45) is 4.70. The molecule has 6 nitrogen and oxygen atoms in total. The van der Waals surface area contributed by atoms with Crippen LogP contribution in [0.25, 0.3) is 10.9 Å². The molecule has 0 saturated carbocycles. The van der Waals surface area contributed by atoms with Crippen molar-refractivity contribution in [3.8, 4) is 0 Å². The largest absolute Gasteiger partial charge is 0.360 e. The first-order chi connectivity index (χ1) is 11.2. The van der Waals surface area contributed by atoms with Gasteiger partial charge in [-0.1, -0.05) is 23.4 Å². The van der Waals surface area contributed by atoms with Crippen LogP contribution < -0.4 is 0 Å². The summed E-state index contributed by atoms with van der Waals surface area (Å²) in [5.74, 6) is 1.16. The number of aryl methyl sites for hydroxylation is 1. The zero-order chi connectivity index (χ0) is 15.8. The van der Waals surface area contributed by atoms with Crippen molar-refractivity contribution in [2.75, 3.05) is 6.54 Å². The summed E-state index contributed by atoms with van der Waals surface area (Å²) in [6, 6.07) is 7.71. The monoisotopic (exact) mass is 310 g/mol. The van der Waals surface area contributed by atoms with Gasteiger partial charge < -0.3 is 14.4 Å². The Labute approximate surface area is 133 Å². The number of piperidine rings is 1. The van der Waals surface area contributed by atoms with Gasteiger partial charge in [0.15, 0.2) is 5.82 Å². The molecule has 0 aliphatic carbocycles. The predicted octanol–water partition coefficient (Wildman–Crippen LogP) is 3.23. The number of nitrogens with one attached hydrogen (secondary N) is 1. The van der Waals surface area contributed by atoms with Crippen molar-refractivity contribution >= 4 is 16.8 Å². The van der Waals surface area contributed by atoms with E-state index in [0.717, 1.165) is 30.2 Å². The lowest BCUT2D eigenvalue weighted by Gasteiger charge is -2.33. The van der Waals surface area contributed by atoms with Crippen molar-refractivity contribution in [1.82, 2.24) is 20.0 Å². The standard InChI is InChI=1S/C17H18N4O2/c1-11-19-16(23-20-11)15-8-4-5-9-21(15)17(22)13-10-18-14-7-3-2-6-12(13)14/h2-3,6-7,10,15,18H,4-5,8-9H2,1H3. The van der Waals surface area contributed by atoms with Gasteiger partial charge in [-0.25, -0.2) is 0 Å². The molecule has 1 amide bonds. The van der Waals surface area contributed by atoms with Gasteiger partial charge in [-0.2, -0.15) is 4.98 Å². The van der Waals surface area contributed by atoms with E-state index in [4.69, 9.17) is 4.52 Å². The fourth-order valence-corrected chi connectivity index (χ4v) is 3.28. The molecule has 4 rings (SSSR count). The number of aromatic amines is 1. The number of rotatable bonds is 2. The second kappa shape index (κ2) is 5.53. The number of carbonyl (C=O) groups excluding carboxylic acids is 1. The number of hydrogen-bond acceptors (Lipinski definition) is 4. The van der Waals surface area contributed by atoms with Crippen molar-refractivity contribution < 1.29 is 9.32 Å². The number of fused-ring (bicyclic) bond motifs is 1. The van der Waals surface area contributed by atoms with Crippen LogP contribution in [0, 0.1) is 6.92 Å². The molecule has 118 valence electrons. The maximum Gasteiger partial charge on any atom is 0.256 e. The Morgan fingerprint density at radius 3 is 3.04 bits per heavy atom. The highest BCUT2D eigenvalue weighted by molar-refractivity contribution is 6.06. The fourth-order valence-electron chi connectivity index (χ4n) is 3.28. The number of benzene rings is 1. The molecule has 1 aromatic carbocycles. The van der Waals surface area contributed by atoms with Crippen LogP contribution in [0.5, 0.6) is 0 Å². The highest BCUT2D eigenvalue weighted by Gasteiger charge is 2.33. The number of H-pyrrole nitrogens is 1. The third-order valence-electron chi connectivity index (χ3n) is 4.41. The first-order valence-corrected chi connectivity index (χ1v) is 7.91. The Bertz CT molecular complexity index is 851. The normalized spacial score (nSPS) is 18.5. The lowest BCUT2D eigenvalue weighted by atomic mass is 10.0. The fraction of sp³-hybridized carbons (Fsp3) is 0.353. The van der Waals surface area contributed by atoms with Crippen LogP contribution in [0.4, 0.5) is 0 Å². The van der Waals surface area contributed by atoms with Crippen LogP contribution in [0.15, 0.2) is 35.0 Å². The van der Waals surface area contributed by atoms with Gasteiger partial charge in [0.05, 0.1) is 5.56 Å². The number of aromatic nitrogens is 3. The molecule has 0 radical (unpaired) electrons. The molecule has 1 saturated heterocycles. The van der Waals surface area contributed by atoms with Crippen molar-refractivity contribution in [2.24, 2.45) is 0 Å². The molecular weight excluding hydrogens is 292 g/mol. The van der Waals surface area contributed by atoms with Gasteiger partial charge in [0.25, 0.3) is 5.91 Å². The molecule has 1 N–H and O–H groups in total. The van der Waals surface area contributed by atoms with E-state index in [0.29, 0.717) is 23.8 Å². The van der Waals surface area contributed by atoms with Crippen LogP contribution in [0.1, 0.15) is 47.4 Å². The highest BCUT2D eigenvalue weighted by atomic mass is 16.5. The molecule has 2 aromatic heterocycles. The van der Waals surface area contributed by atoms with E-state index in [1.54, 1.807) is 13.1 Å². The maximum atomic E-state index is 13.1. The first kappa shape index (κ1) is 14.0. The van der Waals surface area contributed by atoms with E-state index in [9.17, 15) is 4.79 Å². The van der Waals surface area contributed by atoms with Crippen molar-refractivity contribution in [3.63, 3.8) is 0 Å². The van der Waals surface area contributed by atoms with Gasteiger partial charge in [-0.05, 0) is 32.3 Å². The highest BCUT2D eigenvalue weighted by Crippen LogP contribution is 2.32. The van der Waals surface area contributed by atoms with Gasteiger partial charge >= 0.3 is 0 Å². The smallest absolute Gasteiger partial charge is 0.256 e.